The molecule has 9 heteroatoms. The minimum atomic E-state index is -2.97. The van der Waals surface area contributed by atoms with Gasteiger partial charge in [-0.3, -0.25) is 4.79 Å². The quantitative estimate of drug-likeness (QED) is 0.187. The second kappa shape index (κ2) is 13.9. The van der Waals surface area contributed by atoms with E-state index in [1.165, 1.54) is 0 Å². The van der Waals surface area contributed by atoms with Crippen molar-refractivity contribution in [3.8, 4) is 0 Å². The van der Waals surface area contributed by atoms with Gasteiger partial charge in [-0.15, -0.1) is 26.3 Å². The third-order valence-electron chi connectivity index (χ3n) is 5.53. The molecule has 0 radical (unpaired) electrons. The molecule has 0 fully saturated rings. The number of amides is 1. The van der Waals surface area contributed by atoms with Crippen LogP contribution in [0.1, 0.15) is 18.4 Å². The lowest BCUT2D eigenvalue weighted by molar-refractivity contribution is -0.138. The normalized spacial score (nSPS) is 12.5. The maximum absolute atomic E-state index is 14.0. The molecule has 186 valence electrons. The summed E-state index contributed by atoms with van der Waals surface area (Å²) in [5.74, 6) is -1.66. The topological polar surface area (TPSA) is 127 Å². The Morgan fingerprint density at radius 3 is 1.71 bits per heavy atom. The summed E-state index contributed by atoms with van der Waals surface area (Å²) < 4.78 is 28.1. The number of carbonyl (C=O) groups excluding carboxylic acids is 1. The number of hydrogen-bond acceptors (Lipinski definition) is 5. The number of benzene rings is 1. The van der Waals surface area contributed by atoms with Crippen LogP contribution in [0.4, 0.5) is 5.69 Å². The molecule has 1 aromatic carbocycles. The number of carboxylic acid groups (broad SMARTS) is 1. The number of anilines is 1. The zero-order chi connectivity index (χ0) is 25.8. The number of carbonyl (C=O) groups is 2. The molecule has 1 amide bonds. The van der Waals surface area contributed by atoms with Crippen LogP contribution in [0.5, 0.6) is 0 Å². The summed E-state index contributed by atoms with van der Waals surface area (Å²) in [5.41, 5.74) is 6.50. The highest BCUT2D eigenvalue weighted by Gasteiger charge is 2.42. The Morgan fingerprint density at radius 2 is 1.35 bits per heavy atom. The second-order valence-electron chi connectivity index (χ2n) is 8.21. The molecule has 1 rings (SSSR count). The Bertz CT molecular complexity index is 922. The predicted octanol–water partition coefficient (Wildman–Crippen LogP) is 5.16. The van der Waals surface area contributed by atoms with Crippen molar-refractivity contribution in [3.63, 3.8) is 0 Å². The van der Waals surface area contributed by atoms with Gasteiger partial charge in [-0.2, -0.15) is 0 Å². The Kier molecular flexibility index (Phi) is 12.1. The molecule has 4 N–H and O–H groups in total. The number of carboxylic acids is 1. The summed E-state index contributed by atoms with van der Waals surface area (Å²) in [6.07, 6.45) is 7.77. The zero-order valence-electron chi connectivity index (χ0n) is 19.6. The molecule has 0 spiro atoms. The molecule has 0 saturated heterocycles. The monoisotopic (exact) mass is 506 g/mol. The van der Waals surface area contributed by atoms with E-state index < -0.39 is 37.6 Å². The van der Waals surface area contributed by atoms with Gasteiger partial charge in [-0.25, -0.2) is 4.79 Å². The van der Waals surface area contributed by atoms with Gasteiger partial charge in [0, 0.05) is 36.8 Å². The Labute approximate surface area is 202 Å². The van der Waals surface area contributed by atoms with E-state index in [1.54, 1.807) is 48.6 Å². The lowest BCUT2D eigenvalue weighted by atomic mass is 10.1. The van der Waals surface area contributed by atoms with E-state index >= 15 is 0 Å². The average molecular weight is 507 g/mol. The fourth-order valence-electron chi connectivity index (χ4n) is 3.92. The van der Waals surface area contributed by atoms with E-state index in [-0.39, 0.29) is 37.5 Å². The van der Waals surface area contributed by atoms with Gasteiger partial charge in [-0.05, 0) is 30.5 Å². The van der Waals surface area contributed by atoms with Gasteiger partial charge in [0.25, 0.3) is 0 Å². The first-order chi connectivity index (χ1) is 16.0. The number of hydrogen-bond donors (Lipinski definition) is 3. The highest BCUT2D eigenvalue weighted by atomic mass is 31.2. The molecule has 1 aromatic rings. The first kappa shape index (κ1) is 29.4. The summed E-state index contributed by atoms with van der Waals surface area (Å²) in [7, 11) is -5.95. The number of nitrogens with two attached hydrogens (primary N) is 1. The first-order valence-corrected chi connectivity index (χ1v) is 15.3. The minimum Gasteiger partial charge on any atom is -0.480 e. The number of primary amides is 1. The van der Waals surface area contributed by atoms with Crippen LogP contribution in [0.2, 0.25) is 0 Å². The van der Waals surface area contributed by atoms with Crippen LogP contribution in [-0.4, -0.2) is 53.1 Å². The Hall–Kier alpha value is -2.62. The van der Waals surface area contributed by atoms with Crippen LogP contribution in [0.15, 0.2) is 74.9 Å². The molecule has 1 atom stereocenters. The van der Waals surface area contributed by atoms with E-state index in [0.717, 1.165) is 5.56 Å². The van der Waals surface area contributed by atoms with Crippen LogP contribution in [-0.2, 0) is 25.1 Å². The van der Waals surface area contributed by atoms with Gasteiger partial charge >= 0.3 is 5.97 Å². The fourth-order valence-corrected chi connectivity index (χ4v) is 12.2. The van der Waals surface area contributed by atoms with Gasteiger partial charge in [0.1, 0.15) is 20.3 Å². The lowest BCUT2D eigenvalue weighted by Crippen LogP contribution is -2.30. The van der Waals surface area contributed by atoms with Gasteiger partial charge in [0.15, 0.2) is 0 Å². The molecule has 0 saturated carbocycles. The molecule has 0 aromatic heterocycles. The van der Waals surface area contributed by atoms with Crippen molar-refractivity contribution < 1.29 is 23.8 Å². The van der Waals surface area contributed by atoms with Crippen molar-refractivity contribution in [1.82, 2.24) is 0 Å². The fraction of sp³-hybridized carbons (Fsp3) is 0.360. The molecule has 0 unspecified atom stereocenters. The molecule has 0 aliphatic rings. The smallest absolute Gasteiger partial charge is 0.326 e. The van der Waals surface area contributed by atoms with Crippen molar-refractivity contribution in [1.29, 1.82) is 0 Å². The van der Waals surface area contributed by atoms with Crippen LogP contribution in [0.25, 0.3) is 0 Å². The molecule has 0 aliphatic carbocycles. The Morgan fingerprint density at radius 1 is 0.912 bits per heavy atom. The van der Waals surface area contributed by atoms with E-state index in [2.05, 4.69) is 31.6 Å². The van der Waals surface area contributed by atoms with E-state index in [9.17, 15) is 23.8 Å². The van der Waals surface area contributed by atoms with E-state index in [4.69, 9.17) is 5.73 Å². The predicted molar refractivity (Wildman–Crippen MR) is 143 cm³/mol. The molecule has 7 nitrogen and oxygen atoms in total. The number of nitrogens with one attached hydrogen (secondary N) is 1. The summed E-state index contributed by atoms with van der Waals surface area (Å²) >= 11 is 0. The average Bonchev–Trinajstić information content (AvgIpc) is 2.76. The Balaban J connectivity index is 3.27. The lowest BCUT2D eigenvalue weighted by Gasteiger charge is -2.33. The van der Waals surface area contributed by atoms with Gasteiger partial charge in [0.05, 0.1) is 5.40 Å². The highest BCUT2D eigenvalue weighted by molar-refractivity contribution is 7.82. The second-order valence-corrected chi connectivity index (χ2v) is 15.1. The third-order valence-corrected chi connectivity index (χ3v) is 14.1. The molecule has 0 bridgehead atoms. The van der Waals surface area contributed by atoms with Crippen LogP contribution < -0.4 is 11.1 Å². The first-order valence-electron chi connectivity index (χ1n) is 11.0. The number of allylic oxidation sites excluding steroid dienone is 4. The molecule has 0 heterocycles. The molecular weight excluding hydrogens is 470 g/mol. The molecular formula is C25H36N2O5P2. The van der Waals surface area contributed by atoms with Crippen molar-refractivity contribution in [3.05, 3.63) is 80.4 Å². The largest absolute Gasteiger partial charge is 0.480 e. The van der Waals surface area contributed by atoms with Crippen LogP contribution >= 0.6 is 14.3 Å². The SMILES string of the molecule is C=CCP(=O)(CC=C)C(Cc1ccc(N[C@@H](CCC(N)=O)C(=O)O)cc1)P(=O)(CC=C)CC=C. The van der Waals surface area contributed by atoms with Crippen molar-refractivity contribution in [2.45, 2.75) is 30.7 Å². The van der Waals surface area contributed by atoms with E-state index in [1.807, 2.05) is 0 Å². The van der Waals surface area contributed by atoms with Gasteiger partial charge in [-0.1, -0.05) is 36.4 Å². The standard InChI is InChI=1S/C25H36N2O5P2/c1-5-15-33(31,16-6-2)24(34(32,17-7-3)18-8-4)19-20-9-11-21(12-10-20)27-22(25(29)30)13-14-23(26)28/h5-12,22,24,27H,1-4,13-19H2,(H2,26,28)(H,29,30)/t22-/m0/s1. The summed E-state index contributed by atoms with van der Waals surface area (Å²) in [6.45, 7) is 15.0. The maximum atomic E-state index is 14.0. The summed E-state index contributed by atoms with van der Waals surface area (Å²) in [4.78, 5) is 22.5. The maximum Gasteiger partial charge on any atom is 0.326 e. The van der Waals surface area contributed by atoms with Crippen molar-refractivity contribution >= 4 is 31.8 Å². The third kappa shape index (κ3) is 8.62. The van der Waals surface area contributed by atoms with Crippen molar-refractivity contribution in [2.75, 3.05) is 30.0 Å². The summed E-state index contributed by atoms with van der Waals surface area (Å²) in [6, 6.07) is 6.04. The summed E-state index contributed by atoms with van der Waals surface area (Å²) in [5, 5.41) is 11.7. The zero-order valence-corrected chi connectivity index (χ0v) is 21.4. The number of aliphatic carboxylic acids is 1. The van der Waals surface area contributed by atoms with Gasteiger partial charge < -0.3 is 25.3 Å². The highest BCUT2D eigenvalue weighted by Crippen LogP contribution is 2.69. The van der Waals surface area contributed by atoms with Crippen LogP contribution in [0, 0.1) is 0 Å². The van der Waals surface area contributed by atoms with Crippen molar-refractivity contribution in [2.24, 2.45) is 5.73 Å². The van der Waals surface area contributed by atoms with E-state index in [0.29, 0.717) is 12.1 Å². The van der Waals surface area contributed by atoms with Crippen LogP contribution in [0.3, 0.4) is 0 Å². The number of rotatable bonds is 18. The molecule has 34 heavy (non-hydrogen) atoms. The van der Waals surface area contributed by atoms with Gasteiger partial charge in [0.2, 0.25) is 5.91 Å². The minimum absolute atomic E-state index is 0.0481. The molecule has 0 aliphatic heterocycles.